The quantitative estimate of drug-likeness (QED) is 0.593. The number of halogens is 1. The molecule has 0 radical (unpaired) electrons. The number of fused-ring (bicyclic) bond motifs is 2. The second-order valence-corrected chi connectivity index (χ2v) is 7.63. The van der Waals surface area contributed by atoms with E-state index in [0.29, 0.717) is 35.8 Å². The third-order valence-electron chi connectivity index (χ3n) is 5.36. The standard InChI is InChI=1S/C20H21FN6O3/c1-10-6-13-14(30-9-29-13)7-11(10)8-15-24-17-18(22)25-20(21)26-19(17)27(15)5-4-16(28)23-12-2-3-12/h6-7,12H,2-5,8-9H2,1H3,(H,23,28)(H2,22,25,26). The van der Waals surface area contributed by atoms with Crippen molar-refractivity contribution in [2.24, 2.45) is 0 Å². The van der Waals surface area contributed by atoms with E-state index in [1.54, 1.807) is 4.57 Å². The van der Waals surface area contributed by atoms with E-state index in [0.717, 1.165) is 24.0 Å². The fourth-order valence-electron chi connectivity index (χ4n) is 3.60. The third-order valence-corrected chi connectivity index (χ3v) is 5.36. The minimum Gasteiger partial charge on any atom is -0.454 e. The van der Waals surface area contributed by atoms with E-state index in [1.165, 1.54) is 0 Å². The zero-order valence-electron chi connectivity index (χ0n) is 16.4. The van der Waals surface area contributed by atoms with Crippen molar-refractivity contribution >= 4 is 22.9 Å². The maximum absolute atomic E-state index is 13.9. The van der Waals surface area contributed by atoms with Crippen LogP contribution in [-0.2, 0) is 17.8 Å². The van der Waals surface area contributed by atoms with E-state index in [1.807, 2.05) is 19.1 Å². The molecule has 3 N–H and O–H groups in total. The van der Waals surface area contributed by atoms with Gasteiger partial charge in [0.1, 0.15) is 5.82 Å². The number of nitrogens with two attached hydrogens (primary N) is 1. The Hall–Kier alpha value is -3.43. The Kier molecular flexibility index (Phi) is 4.41. The van der Waals surface area contributed by atoms with Crippen LogP contribution >= 0.6 is 0 Å². The molecule has 1 saturated carbocycles. The molecule has 1 aliphatic heterocycles. The molecule has 0 saturated heterocycles. The van der Waals surface area contributed by atoms with E-state index in [4.69, 9.17) is 15.2 Å². The zero-order chi connectivity index (χ0) is 20.8. The van der Waals surface area contributed by atoms with Crippen LogP contribution in [0.15, 0.2) is 12.1 Å². The number of benzene rings is 1. The molecule has 156 valence electrons. The Morgan fingerprint density at radius 2 is 2.03 bits per heavy atom. The van der Waals surface area contributed by atoms with Crippen LogP contribution in [0.2, 0.25) is 0 Å². The van der Waals surface area contributed by atoms with Crippen molar-refractivity contribution in [2.45, 2.75) is 45.2 Å². The Balaban J connectivity index is 1.50. The van der Waals surface area contributed by atoms with Crippen molar-refractivity contribution in [3.8, 4) is 11.5 Å². The molecular weight excluding hydrogens is 391 g/mol. The summed E-state index contributed by atoms with van der Waals surface area (Å²) >= 11 is 0. The highest BCUT2D eigenvalue weighted by molar-refractivity contribution is 5.82. The molecular formula is C20H21FN6O3. The topological polar surface area (TPSA) is 117 Å². The highest BCUT2D eigenvalue weighted by atomic mass is 19.1. The summed E-state index contributed by atoms with van der Waals surface area (Å²) in [6.07, 6.45) is 1.78. The lowest BCUT2D eigenvalue weighted by Crippen LogP contribution is -2.26. The number of carbonyl (C=O) groups excluding carboxylic acids is 1. The van der Waals surface area contributed by atoms with Crippen molar-refractivity contribution in [2.75, 3.05) is 12.5 Å². The summed E-state index contributed by atoms with van der Waals surface area (Å²) < 4.78 is 26.5. The van der Waals surface area contributed by atoms with Gasteiger partial charge < -0.3 is 25.1 Å². The van der Waals surface area contributed by atoms with Crippen LogP contribution in [0.1, 0.15) is 36.2 Å². The Morgan fingerprint density at radius 1 is 1.27 bits per heavy atom. The molecule has 3 aromatic rings. The third kappa shape index (κ3) is 3.49. The molecule has 3 heterocycles. The zero-order valence-corrected chi connectivity index (χ0v) is 16.4. The van der Waals surface area contributed by atoms with Crippen LogP contribution in [0, 0.1) is 13.0 Å². The summed E-state index contributed by atoms with van der Waals surface area (Å²) in [6.45, 7) is 2.48. The highest BCUT2D eigenvalue weighted by Gasteiger charge is 2.24. The monoisotopic (exact) mass is 412 g/mol. The van der Waals surface area contributed by atoms with Gasteiger partial charge in [-0.05, 0) is 43.0 Å². The van der Waals surface area contributed by atoms with Gasteiger partial charge in [0.25, 0.3) is 0 Å². The van der Waals surface area contributed by atoms with Gasteiger partial charge in [0, 0.05) is 25.4 Å². The average molecular weight is 412 g/mol. The molecule has 0 atom stereocenters. The molecule has 30 heavy (non-hydrogen) atoms. The van der Waals surface area contributed by atoms with E-state index in [2.05, 4.69) is 20.3 Å². The van der Waals surface area contributed by atoms with Crippen LogP contribution < -0.4 is 20.5 Å². The van der Waals surface area contributed by atoms with Crippen molar-refractivity contribution < 1.29 is 18.7 Å². The summed E-state index contributed by atoms with van der Waals surface area (Å²) in [4.78, 5) is 24.3. The lowest BCUT2D eigenvalue weighted by Gasteiger charge is -2.11. The van der Waals surface area contributed by atoms with Crippen molar-refractivity contribution in [1.29, 1.82) is 0 Å². The fourth-order valence-corrected chi connectivity index (χ4v) is 3.60. The van der Waals surface area contributed by atoms with Crippen molar-refractivity contribution in [3.05, 3.63) is 35.2 Å². The summed E-state index contributed by atoms with van der Waals surface area (Å²) in [7, 11) is 0. The van der Waals surface area contributed by atoms with Gasteiger partial charge >= 0.3 is 6.08 Å². The Labute approximate surface area is 171 Å². The molecule has 2 aliphatic rings. The molecule has 0 unspecified atom stereocenters. The minimum atomic E-state index is -0.922. The number of imidazole rings is 1. The molecule has 9 nitrogen and oxygen atoms in total. The van der Waals surface area contributed by atoms with Gasteiger partial charge in [-0.3, -0.25) is 4.79 Å². The van der Waals surface area contributed by atoms with Gasteiger partial charge in [0.05, 0.1) is 0 Å². The van der Waals surface area contributed by atoms with E-state index in [-0.39, 0.29) is 36.6 Å². The van der Waals surface area contributed by atoms with Crippen molar-refractivity contribution in [1.82, 2.24) is 24.8 Å². The summed E-state index contributed by atoms with van der Waals surface area (Å²) in [6, 6.07) is 4.11. The molecule has 1 aliphatic carbocycles. The van der Waals surface area contributed by atoms with Gasteiger partial charge in [-0.2, -0.15) is 14.4 Å². The van der Waals surface area contributed by atoms with E-state index < -0.39 is 6.08 Å². The Bertz CT molecular complexity index is 1160. The molecule has 2 aromatic heterocycles. The number of ether oxygens (including phenoxy) is 2. The summed E-state index contributed by atoms with van der Waals surface area (Å²) in [5.41, 5.74) is 8.48. The first-order valence-corrected chi connectivity index (χ1v) is 9.84. The van der Waals surface area contributed by atoms with E-state index >= 15 is 0 Å². The minimum absolute atomic E-state index is 0.0256. The number of nitrogens with zero attached hydrogens (tertiary/aromatic N) is 4. The normalized spacial score (nSPS) is 15.0. The summed E-state index contributed by atoms with van der Waals surface area (Å²) in [5, 5.41) is 2.96. The molecule has 0 bridgehead atoms. The average Bonchev–Trinajstić information content (AvgIpc) is 3.27. The molecule has 5 rings (SSSR count). The molecule has 10 heteroatoms. The van der Waals surface area contributed by atoms with Gasteiger partial charge in [-0.1, -0.05) is 0 Å². The number of rotatable bonds is 6. The molecule has 1 aromatic carbocycles. The second kappa shape index (κ2) is 7.12. The predicted octanol–water partition coefficient (Wildman–Crippen LogP) is 1.84. The number of anilines is 1. The van der Waals surface area contributed by atoms with Gasteiger partial charge in [0.2, 0.25) is 12.7 Å². The molecule has 0 spiro atoms. The van der Waals surface area contributed by atoms with Crippen molar-refractivity contribution in [3.63, 3.8) is 0 Å². The molecule has 1 fully saturated rings. The molecule has 1 amide bonds. The Morgan fingerprint density at radius 3 is 2.80 bits per heavy atom. The largest absolute Gasteiger partial charge is 0.454 e. The number of amides is 1. The predicted molar refractivity (Wildman–Crippen MR) is 106 cm³/mol. The SMILES string of the molecule is Cc1cc2c(cc1Cc1nc3c(N)nc(F)nc3n1CCC(=O)NC1CC1)OCO2. The van der Waals surface area contributed by atoms with E-state index in [9.17, 15) is 9.18 Å². The summed E-state index contributed by atoms with van der Waals surface area (Å²) in [5.74, 6) is 1.93. The van der Waals surface area contributed by atoms with Gasteiger partial charge in [0.15, 0.2) is 28.5 Å². The van der Waals surface area contributed by atoms with Gasteiger partial charge in [-0.25, -0.2) is 4.98 Å². The smallest absolute Gasteiger partial charge is 0.312 e. The van der Waals surface area contributed by atoms with Crippen LogP contribution in [0.25, 0.3) is 11.2 Å². The lowest BCUT2D eigenvalue weighted by atomic mass is 10.0. The number of hydrogen-bond donors (Lipinski definition) is 2. The first-order chi connectivity index (χ1) is 14.5. The van der Waals surface area contributed by atoms with Crippen LogP contribution in [-0.4, -0.2) is 38.3 Å². The van der Waals surface area contributed by atoms with Crippen LogP contribution in [0.5, 0.6) is 11.5 Å². The first kappa shape index (κ1) is 18.6. The maximum atomic E-state index is 13.9. The number of hydrogen-bond acceptors (Lipinski definition) is 7. The number of nitrogen functional groups attached to an aromatic ring is 1. The maximum Gasteiger partial charge on any atom is 0.312 e. The highest BCUT2D eigenvalue weighted by Crippen LogP contribution is 2.35. The number of aryl methyl sites for hydroxylation is 2. The van der Waals surface area contributed by atoms with Gasteiger partial charge in [-0.15, -0.1) is 0 Å². The lowest BCUT2D eigenvalue weighted by molar-refractivity contribution is -0.121. The fraction of sp³-hybridized carbons (Fsp3) is 0.400. The number of carbonyl (C=O) groups is 1. The number of aromatic nitrogens is 4. The second-order valence-electron chi connectivity index (χ2n) is 7.63. The number of nitrogens with one attached hydrogen (secondary N) is 1. The first-order valence-electron chi connectivity index (χ1n) is 9.84. The van der Waals surface area contributed by atoms with Crippen LogP contribution in [0.4, 0.5) is 10.2 Å². The van der Waals surface area contributed by atoms with Crippen LogP contribution in [0.3, 0.4) is 0 Å².